The van der Waals surface area contributed by atoms with Crippen molar-refractivity contribution >= 4 is 39.7 Å². The average Bonchev–Trinajstić information content (AvgIpc) is 3.32. The lowest BCUT2D eigenvalue weighted by Gasteiger charge is -2.44. The number of halogens is 1. The van der Waals surface area contributed by atoms with Gasteiger partial charge in [-0.1, -0.05) is 48.0 Å². The van der Waals surface area contributed by atoms with Crippen molar-refractivity contribution in [2.24, 2.45) is 0 Å². The van der Waals surface area contributed by atoms with E-state index in [0.717, 1.165) is 69.2 Å². The smallest absolute Gasteiger partial charge is 0.258 e. The predicted molar refractivity (Wildman–Crippen MR) is 158 cm³/mol. The van der Waals surface area contributed by atoms with E-state index < -0.39 is 0 Å². The van der Waals surface area contributed by atoms with Crippen molar-refractivity contribution in [1.29, 1.82) is 0 Å². The summed E-state index contributed by atoms with van der Waals surface area (Å²) in [4.78, 5) is 25.6. The molecule has 0 bridgehead atoms. The highest BCUT2D eigenvalue weighted by Crippen LogP contribution is 2.40. The lowest BCUT2D eigenvalue weighted by molar-refractivity contribution is 0.0991. The number of hydrogen-bond donors (Lipinski definition) is 0. The Balaban J connectivity index is 1.38. The van der Waals surface area contributed by atoms with Crippen LogP contribution >= 0.6 is 11.6 Å². The minimum atomic E-state index is 0.0251. The lowest BCUT2D eigenvalue weighted by atomic mass is 9.96. The molecule has 38 heavy (non-hydrogen) atoms. The van der Waals surface area contributed by atoms with Gasteiger partial charge >= 0.3 is 0 Å². The first kappa shape index (κ1) is 24.9. The van der Waals surface area contributed by atoms with Crippen LogP contribution in [0.25, 0.3) is 22.0 Å². The molecule has 2 unspecified atom stereocenters. The third-order valence-electron chi connectivity index (χ3n) is 8.31. The van der Waals surface area contributed by atoms with Crippen LogP contribution in [0.2, 0.25) is 5.02 Å². The van der Waals surface area contributed by atoms with Gasteiger partial charge in [0.1, 0.15) is 0 Å². The predicted octanol–water partition coefficient (Wildman–Crippen LogP) is 6.60. The fourth-order valence-corrected chi connectivity index (χ4v) is 6.30. The molecular formula is C32H33ClN4O. The second-order valence-corrected chi connectivity index (χ2v) is 11.2. The van der Waals surface area contributed by atoms with E-state index in [-0.39, 0.29) is 5.91 Å². The highest BCUT2D eigenvalue weighted by atomic mass is 35.5. The molecule has 6 heteroatoms. The number of anilines is 2. The van der Waals surface area contributed by atoms with Crippen LogP contribution in [0.4, 0.5) is 11.4 Å². The topological polar surface area (TPSA) is 39.7 Å². The zero-order valence-electron chi connectivity index (χ0n) is 22.4. The Morgan fingerprint density at radius 3 is 2.39 bits per heavy atom. The van der Waals surface area contributed by atoms with E-state index in [2.05, 4.69) is 48.9 Å². The number of carbonyl (C=O) groups excluding carboxylic acids is 1. The van der Waals surface area contributed by atoms with Crippen LogP contribution in [0, 0.1) is 6.92 Å². The highest BCUT2D eigenvalue weighted by molar-refractivity contribution is 6.33. The van der Waals surface area contributed by atoms with Crippen LogP contribution < -0.4 is 9.80 Å². The molecule has 0 N–H and O–H groups in total. The number of benzene rings is 3. The number of carbonyl (C=O) groups is 1. The van der Waals surface area contributed by atoms with Gasteiger partial charge in [0.2, 0.25) is 0 Å². The van der Waals surface area contributed by atoms with Gasteiger partial charge in [0, 0.05) is 54.2 Å². The number of pyridine rings is 1. The Hall–Kier alpha value is -3.41. The SMILES string of the molecule is Cc1cccc(-c2ccc(C(=O)N3CCc4cc(Cl)c(N5CC(C)N(C)C(C)C5)cc43)c3ccccc23)n1. The molecular weight excluding hydrogens is 492 g/mol. The second kappa shape index (κ2) is 9.72. The van der Waals surface area contributed by atoms with Crippen molar-refractivity contribution in [3.05, 3.63) is 88.6 Å². The van der Waals surface area contributed by atoms with Gasteiger partial charge in [-0.25, -0.2) is 0 Å². The van der Waals surface area contributed by atoms with Gasteiger partial charge in [-0.2, -0.15) is 0 Å². The van der Waals surface area contributed by atoms with Crippen molar-refractivity contribution in [2.75, 3.05) is 36.5 Å². The van der Waals surface area contributed by atoms with E-state index in [1.165, 1.54) is 0 Å². The van der Waals surface area contributed by atoms with E-state index in [1.807, 2.05) is 60.4 Å². The Kier molecular flexibility index (Phi) is 6.37. The highest BCUT2D eigenvalue weighted by Gasteiger charge is 2.32. The van der Waals surface area contributed by atoms with Gasteiger partial charge < -0.3 is 9.80 Å². The first-order valence-corrected chi connectivity index (χ1v) is 13.8. The zero-order valence-corrected chi connectivity index (χ0v) is 23.2. The molecule has 1 amide bonds. The summed E-state index contributed by atoms with van der Waals surface area (Å²) in [5.74, 6) is 0.0251. The quantitative estimate of drug-likeness (QED) is 0.303. The number of hydrogen-bond acceptors (Lipinski definition) is 4. The molecule has 5 nitrogen and oxygen atoms in total. The third-order valence-corrected chi connectivity index (χ3v) is 8.61. The van der Waals surface area contributed by atoms with Crippen LogP contribution in [0.3, 0.4) is 0 Å². The summed E-state index contributed by atoms with van der Waals surface area (Å²) < 4.78 is 0. The summed E-state index contributed by atoms with van der Waals surface area (Å²) in [7, 11) is 2.18. The summed E-state index contributed by atoms with van der Waals surface area (Å²) in [5, 5.41) is 2.75. The van der Waals surface area contributed by atoms with Gasteiger partial charge in [-0.15, -0.1) is 0 Å². The molecule has 6 rings (SSSR count). The van der Waals surface area contributed by atoms with Crippen molar-refractivity contribution in [3.8, 4) is 11.3 Å². The maximum absolute atomic E-state index is 14.1. The number of aromatic nitrogens is 1. The largest absolute Gasteiger partial charge is 0.367 e. The maximum atomic E-state index is 14.1. The molecule has 1 aromatic heterocycles. The van der Waals surface area contributed by atoms with Gasteiger partial charge in [-0.05, 0) is 80.9 Å². The Morgan fingerprint density at radius 2 is 1.66 bits per heavy atom. The molecule has 0 spiro atoms. The standard InChI is InChI=1S/C32H33ClN4O/c1-20-8-7-11-29(34-20)26-12-13-27(25-10-6-5-9-24(25)26)32(38)37-15-14-23-16-28(33)31(17-30(23)37)36-18-21(2)35(4)22(3)19-36/h5-13,16-17,21-22H,14-15,18-19H2,1-4H3. The van der Waals surface area contributed by atoms with Gasteiger partial charge in [0.05, 0.1) is 16.4 Å². The molecule has 3 heterocycles. The van der Waals surface area contributed by atoms with E-state index in [0.29, 0.717) is 24.2 Å². The molecule has 194 valence electrons. The Bertz CT molecular complexity index is 1540. The van der Waals surface area contributed by atoms with E-state index in [9.17, 15) is 4.79 Å². The van der Waals surface area contributed by atoms with Gasteiger partial charge in [-0.3, -0.25) is 14.7 Å². The van der Waals surface area contributed by atoms with Gasteiger partial charge in [0.25, 0.3) is 5.91 Å². The number of nitrogens with zero attached hydrogens (tertiary/aromatic N) is 4. The first-order chi connectivity index (χ1) is 18.3. The maximum Gasteiger partial charge on any atom is 0.258 e. The summed E-state index contributed by atoms with van der Waals surface area (Å²) in [6.07, 6.45) is 0.805. The van der Waals surface area contributed by atoms with Crippen LogP contribution in [0.5, 0.6) is 0 Å². The number of aryl methyl sites for hydroxylation is 1. The summed E-state index contributed by atoms with van der Waals surface area (Å²) >= 11 is 6.82. The first-order valence-electron chi connectivity index (χ1n) is 13.4. The minimum absolute atomic E-state index is 0.0251. The van der Waals surface area contributed by atoms with Crippen molar-refractivity contribution in [3.63, 3.8) is 0 Å². The molecule has 1 saturated heterocycles. The van der Waals surface area contributed by atoms with Gasteiger partial charge in [0.15, 0.2) is 0 Å². The van der Waals surface area contributed by atoms with Crippen molar-refractivity contribution < 1.29 is 4.79 Å². The molecule has 2 atom stereocenters. The molecule has 0 radical (unpaired) electrons. The third kappa shape index (κ3) is 4.24. The molecule has 2 aliphatic heterocycles. The van der Waals surface area contributed by atoms with E-state index in [4.69, 9.17) is 16.6 Å². The monoisotopic (exact) mass is 524 g/mol. The van der Waals surface area contributed by atoms with Crippen LogP contribution in [0.15, 0.2) is 66.7 Å². The molecule has 3 aromatic carbocycles. The number of likely N-dealkylation sites (N-methyl/N-ethyl adjacent to an activating group) is 1. The normalized spacial score (nSPS) is 19.7. The fourth-order valence-electron chi connectivity index (χ4n) is 6.00. The summed E-state index contributed by atoms with van der Waals surface area (Å²) in [5.41, 5.74) is 6.76. The molecule has 0 saturated carbocycles. The average molecular weight is 525 g/mol. The van der Waals surface area contributed by atoms with Crippen molar-refractivity contribution in [2.45, 2.75) is 39.3 Å². The minimum Gasteiger partial charge on any atom is -0.367 e. The summed E-state index contributed by atoms with van der Waals surface area (Å²) in [6, 6.07) is 23.2. The van der Waals surface area contributed by atoms with E-state index >= 15 is 0 Å². The second-order valence-electron chi connectivity index (χ2n) is 10.8. The van der Waals surface area contributed by atoms with Crippen LogP contribution in [-0.4, -0.2) is 54.6 Å². The molecule has 4 aromatic rings. The molecule has 2 aliphatic rings. The number of amides is 1. The fraction of sp³-hybridized carbons (Fsp3) is 0.312. The lowest BCUT2D eigenvalue weighted by Crippen LogP contribution is -2.55. The number of piperazine rings is 1. The van der Waals surface area contributed by atoms with E-state index in [1.54, 1.807) is 0 Å². The van der Waals surface area contributed by atoms with Crippen LogP contribution in [0.1, 0.15) is 35.5 Å². The van der Waals surface area contributed by atoms with Crippen LogP contribution in [-0.2, 0) is 6.42 Å². The molecule has 0 aliphatic carbocycles. The zero-order chi connectivity index (χ0) is 26.6. The Labute approximate surface area is 229 Å². The molecule has 1 fully saturated rings. The number of fused-ring (bicyclic) bond motifs is 2. The van der Waals surface area contributed by atoms with Crippen molar-refractivity contribution in [1.82, 2.24) is 9.88 Å². The number of rotatable bonds is 3. The Morgan fingerprint density at radius 1 is 0.921 bits per heavy atom. The summed E-state index contributed by atoms with van der Waals surface area (Å²) in [6.45, 7) is 8.97.